The molecule has 3 aliphatic rings. The van der Waals surface area contributed by atoms with Crippen LogP contribution in [0.3, 0.4) is 0 Å². The van der Waals surface area contributed by atoms with Gasteiger partial charge in [-0.1, -0.05) is 18.2 Å². The Hall–Kier alpha value is -3.22. The van der Waals surface area contributed by atoms with Gasteiger partial charge in [-0.2, -0.15) is 0 Å². The summed E-state index contributed by atoms with van der Waals surface area (Å²) in [6.45, 7) is 1.94. The molecule has 2 atom stereocenters. The third kappa shape index (κ3) is 3.56. The molecule has 2 amide bonds. The predicted molar refractivity (Wildman–Crippen MR) is 110 cm³/mol. The standard InChI is InChI=1S/C23H24N2O5/c26-22(14-21-23(27)24-16-5-1-2-7-18(16)30-21)25-10-3-6-17(25)15-8-9-19-20(13-15)29-12-4-11-28-19/h1-2,5,7-9,13,17,21H,3-4,6,10-12,14H2,(H,24,27)/t17-,21-/m0/s1. The third-order valence-electron chi connectivity index (χ3n) is 5.80. The van der Waals surface area contributed by atoms with E-state index < -0.39 is 6.10 Å². The van der Waals surface area contributed by atoms with Crippen LogP contribution in [0.2, 0.25) is 0 Å². The van der Waals surface area contributed by atoms with Crippen LogP contribution in [0.5, 0.6) is 17.2 Å². The second-order valence-electron chi connectivity index (χ2n) is 7.80. The van der Waals surface area contributed by atoms with Crippen molar-refractivity contribution in [1.82, 2.24) is 4.90 Å². The third-order valence-corrected chi connectivity index (χ3v) is 5.80. The Morgan fingerprint density at radius 3 is 2.77 bits per heavy atom. The fourth-order valence-electron chi connectivity index (χ4n) is 4.30. The van der Waals surface area contributed by atoms with Crippen LogP contribution in [-0.2, 0) is 9.59 Å². The Labute approximate surface area is 174 Å². The number of amides is 2. The number of nitrogens with zero attached hydrogens (tertiary/aromatic N) is 1. The van der Waals surface area contributed by atoms with Crippen LogP contribution >= 0.6 is 0 Å². The van der Waals surface area contributed by atoms with E-state index in [0.717, 1.165) is 36.3 Å². The summed E-state index contributed by atoms with van der Waals surface area (Å²) >= 11 is 0. The van der Waals surface area contributed by atoms with Crippen molar-refractivity contribution >= 4 is 17.5 Å². The SMILES string of the molecule is O=C1Nc2ccccc2O[C@H]1CC(=O)N1CCC[C@H]1c1ccc2c(c1)OCCCO2. The zero-order chi connectivity index (χ0) is 20.5. The zero-order valence-corrected chi connectivity index (χ0v) is 16.6. The maximum absolute atomic E-state index is 13.1. The Balaban J connectivity index is 1.31. The van der Waals surface area contributed by atoms with E-state index in [9.17, 15) is 9.59 Å². The van der Waals surface area contributed by atoms with E-state index in [2.05, 4.69) is 5.32 Å². The molecule has 156 valence electrons. The molecule has 3 heterocycles. The van der Waals surface area contributed by atoms with E-state index in [-0.39, 0.29) is 24.3 Å². The number of para-hydroxylation sites is 2. The van der Waals surface area contributed by atoms with Gasteiger partial charge in [-0.3, -0.25) is 9.59 Å². The molecule has 30 heavy (non-hydrogen) atoms. The van der Waals surface area contributed by atoms with Crippen LogP contribution in [0.15, 0.2) is 42.5 Å². The number of likely N-dealkylation sites (tertiary alicyclic amines) is 1. The molecule has 3 aliphatic heterocycles. The Bertz CT molecular complexity index is 976. The highest BCUT2D eigenvalue weighted by molar-refractivity contribution is 6.00. The van der Waals surface area contributed by atoms with Crippen molar-refractivity contribution in [3.63, 3.8) is 0 Å². The summed E-state index contributed by atoms with van der Waals surface area (Å²) in [6, 6.07) is 13.1. The average Bonchev–Trinajstić information content (AvgIpc) is 3.13. The lowest BCUT2D eigenvalue weighted by Gasteiger charge is -2.29. The lowest BCUT2D eigenvalue weighted by atomic mass is 10.0. The lowest BCUT2D eigenvalue weighted by Crippen LogP contribution is -2.42. The molecule has 7 heteroatoms. The van der Waals surface area contributed by atoms with Crippen molar-refractivity contribution in [3.05, 3.63) is 48.0 Å². The predicted octanol–water partition coefficient (Wildman–Crippen LogP) is 3.30. The van der Waals surface area contributed by atoms with Crippen molar-refractivity contribution in [3.8, 4) is 17.2 Å². The van der Waals surface area contributed by atoms with E-state index in [1.807, 2.05) is 35.2 Å². The highest BCUT2D eigenvalue weighted by atomic mass is 16.5. The minimum Gasteiger partial charge on any atom is -0.490 e. The largest absolute Gasteiger partial charge is 0.490 e. The van der Waals surface area contributed by atoms with Gasteiger partial charge >= 0.3 is 0 Å². The number of benzene rings is 2. The topological polar surface area (TPSA) is 77.1 Å². The Morgan fingerprint density at radius 2 is 1.87 bits per heavy atom. The maximum atomic E-state index is 13.1. The van der Waals surface area contributed by atoms with Gasteiger partial charge in [0.1, 0.15) is 5.75 Å². The smallest absolute Gasteiger partial charge is 0.266 e. The molecule has 2 aromatic rings. The summed E-state index contributed by atoms with van der Waals surface area (Å²) in [6.07, 6.45) is 1.85. The minimum absolute atomic E-state index is 0.0151. The van der Waals surface area contributed by atoms with Crippen LogP contribution < -0.4 is 19.5 Å². The van der Waals surface area contributed by atoms with Gasteiger partial charge in [-0.25, -0.2) is 0 Å². The molecule has 0 bridgehead atoms. The summed E-state index contributed by atoms with van der Waals surface area (Å²) in [5.74, 6) is 1.71. The molecule has 0 radical (unpaired) electrons. The number of carbonyl (C=O) groups is 2. The van der Waals surface area contributed by atoms with Crippen molar-refractivity contribution in [2.45, 2.75) is 37.8 Å². The number of fused-ring (bicyclic) bond motifs is 2. The van der Waals surface area contributed by atoms with E-state index in [1.54, 1.807) is 12.1 Å². The first-order valence-electron chi connectivity index (χ1n) is 10.4. The van der Waals surface area contributed by atoms with Gasteiger partial charge in [0, 0.05) is 13.0 Å². The van der Waals surface area contributed by atoms with Crippen molar-refractivity contribution in [2.24, 2.45) is 0 Å². The number of rotatable bonds is 3. The maximum Gasteiger partial charge on any atom is 0.266 e. The highest BCUT2D eigenvalue weighted by Crippen LogP contribution is 2.38. The molecule has 2 aromatic carbocycles. The molecule has 1 saturated heterocycles. The van der Waals surface area contributed by atoms with Gasteiger partial charge in [0.25, 0.3) is 5.91 Å². The van der Waals surface area contributed by atoms with Gasteiger partial charge in [0.15, 0.2) is 17.6 Å². The molecule has 7 nitrogen and oxygen atoms in total. The van der Waals surface area contributed by atoms with Crippen molar-refractivity contribution < 1.29 is 23.8 Å². The number of hydrogen-bond acceptors (Lipinski definition) is 5. The molecule has 0 aromatic heterocycles. The van der Waals surface area contributed by atoms with Crippen LogP contribution in [0.1, 0.15) is 37.3 Å². The Morgan fingerprint density at radius 1 is 1.03 bits per heavy atom. The van der Waals surface area contributed by atoms with Gasteiger partial charge in [-0.15, -0.1) is 0 Å². The number of carbonyl (C=O) groups excluding carboxylic acids is 2. The van der Waals surface area contributed by atoms with Gasteiger partial charge < -0.3 is 24.4 Å². The van der Waals surface area contributed by atoms with Crippen LogP contribution in [0.25, 0.3) is 0 Å². The normalized spacial score (nSPS) is 22.5. The average molecular weight is 408 g/mol. The summed E-state index contributed by atoms with van der Waals surface area (Å²) in [5.41, 5.74) is 1.67. The highest BCUT2D eigenvalue weighted by Gasteiger charge is 2.35. The summed E-state index contributed by atoms with van der Waals surface area (Å²) < 4.78 is 17.3. The summed E-state index contributed by atoms with van der Waals surface area (Å²) in [4.78, 5) is 27.4. The van der Waals surface area contributed by atoms with E-state index in [4.69, 9.17) is 14.2 Å². The first-order valence-corrected chi connectivity index (χ1v) is 10.4. The monoisotopic (exact) mass is 408 g/mol. The molecule has 0 saturated carbocycles. The Kier molecular flexibility index (Phi) is 4.94. The fourth-order valence-corrected chi connectivity index (χ4v) is 4.30. The van der Waals surface area contributed by atoms with E-state index in [0.29, 0.717) is 31.2 Å². The number of nitrogens with one attached hydrogen (secondary N) is 1. The molecular weight excluding hydrogens is 384 g/mol. The summed E-state index contributed by atoms with van der Waals surface area (Å²) in [5, 5.41) is 2.82. The van der Waals surface area contributed by atoms with Crippen LogP contribution in [0, 0.1) is 0 Å². The zero-order valence-electron chi connectivity index (χ0n) is 16.6. The lowest BCUT2D eigenvalue weighted by molar-refractivity contribution is -0.137. The first kappa shape index (κ1) is 18.8. The van der Waals surface area contributed by atoms with Gasteiger partial charge in [0.05, 0.1) is 31.4 Å². The van der Waals surface area contributed by atoms with Gasteiger partial charge in [-0.05, 0) is 42.7 Å². The summed E-state index contributed by atoms with van der Waals surface area (Å²) in [7, 11) is 0. The second-order valence-corrected chi connectivity index (χ2v) is 7.80. The minimum atomic E-state index is -0.822. The van der Waals surface area contributed by atoms with Crippen LogP contribution in [-0.4, -0.2) is 42.6 Å². The first-order chi connectivity index (χ1) is 14.7. The molecule has 1 fully saturated rings. The van der Waals surface area contributed by atoms with Gasteiger partial charge in [0.2, 0.25) is 5.91 Å². The molecule has 0 spiro atoms. The van der Waals surface area contributed by atoms with E-state index in [1.165, 1.54) is 0 Å². The van der Waals surface area contributed by atoms with E-state index >= 15 is 0 Å². The fraction of sp³-hybridized carbons (Fsp3) is 0.391. The van der Waals surface area contributed by atoms with Crippen LogP contribution in [0.4, 0.5) is 5.69 Å². The quantitative estimate of drug-likeness (QED) is 0.843. The number of anilines is 1. The second kappa shape index (κ2) is 7.89. The number of hydrogen-bond donors (Lipinski definition) is 1. The molecule has 5 rings (SSSR count). The van der Waals surface area contributed by atoms with Crippen molar-refractivity contribution in [1.29, 1.82) is 0 Å². The molecular formula is C23H24N2O5. The number of ether oxygens (including phenoxy) is 3. The van der Waals surface area contributed by atoms with Crippen molar-refractivity contribution in [2.75, 3.05) is 25.1 Å². The molecule has 0 unspecified atom stereocenters. The molecule has 1 N–H and O–H groups in total. The molecule has 0 aliphatic carbocycles.